The van der Waals surface area contributed by atoms with Gasteiger partial charge in [-0.15, -0.1) is 5.10 Å². The summed E-state index contributed by atoms with van der Waals surface area (Å²) in [5.74, 6) is -0.522. The third-order valence-corrected chi connectivity index (χ3v) is 2.11. The molecule has 0 saturated carbocycles. The van der Waals surface area contributed by atoms with Crippen LogP contribution in [0.15, 0.2) is 30.6 Å². The summed E-state index contributed by atoms with van der Waals surface area (Å²) < 4.78 is 6.68. The molecule has 0 radical (unpaired) electrons. The highest BCUT2D eigenvalue weighted by Gasteiger charge is 2.12. The number of carbonyl (C=O) groups is 1. The lowest BCUT2D eigenvalue weighted by Gasteiger charge is -2.10. The summed E-state index contributed by atoms with van der Waals surface area (Å²) in [4.78, 5) is 10.6. The predicted octanol–water partition coefficient (Wildman–Crippen LogP) is 0.514. The van der Waals surface area contributed by atoms with E-state index in [1.807, 2.05) is 0 Å². The Bertz CT molecular complexity index is 495. The Balaban J connectivity index is 2.11. The number of carboxylic acid groups (broad SMARTS) is 1. The number of rotatable bonds is 4. The normalized spacial score (nSPS) is 12.1. The third-order valence-electron chi connectivity index (χ3n) is 2.11. The minimum atomic E-state index is -1.01. The van der Waals surface area contributed by atoms with Crippen LogP contribution in [0.1, 0.15) is 6.92 Å². The van der Waals surface area contributed by atoms with Gasteiger partial charge in [0.15, 0.2) is 6.10 Å². The molecule has 1 aromatic carbocycles. The number of hydrogen-bond donors (Lipinski definition) is 1. The largest absolute Gasteiger partial charge is 0.479 e. The van der Waals surface area contributed by atoms with Gasteiger partial charge in [-0.05, 0) is 41.6 Å². The molecular formula is C10H10N4O3. The maximum Gasteiger partial charge on any atom is 0.344 e. The fourth-order valence-corrected chi connectivity index (χ4v) is 1.21. The third kappa shape index (κ3) is 2.57. The molecule has 0 aliphatic rings. The van der Waals surface area contributed by atoms with Crippen molar-refractivity contribution in [2.75, 3.05) is 0 Å². The zero-order chi connectivity index (χ0) is 12.3. The van der Waals surface area contributed by atoms with E-state index in [4.69, 9.17) is 9.84 Å². The van der Waals surface area contributed by atoms with E-state index in [1.54, 1.807) is 24.3 Å². The van der Waals surface area contributed by atoms with Crippen LogP contribution in [-0.2, 0) is 4.79 Å². The second-order valence-electron chi connectivity index (χ2n) is 3.35. The molecule has 7 nitrogen and oxygen atoms in total. The summed E-state index contributed by atoms with van der Waals surface area (Å²) in [5, 5.41) is 19.5. The van der Waals surface area contributed by atoms with Gasteiger partial charge in [0, 0.05) is 0 Å². The molecule has 88 valence electrons. The van der Waals surface area contributed by atoms with Crippen molar-refractivity contribution in [3.63, 3.8) is 0 Å². The first kappa shape index (κ1) is 11.1. The summed E-state index contributed by atoms with van der Waals surface area (Å²) >= 11 is 0. The molecule has 0 bridgehead atoms. The summed E-state index contributed by atoms with van der Waals surface area (Å²) in [6.07, 6.45) is 0.587. The van der Waals surface area contributed by atoms with Crippen molar-refractivity contribution in [3.8, 4) is 11.4 Å². The van der Waals surface area contributed by atoms with E-state index >= 15 is 0 Å². The van der Waals surface area contributed by atoms with Gasteiger partial charge in [-0.25, -0.2) is 9.48 Å². The van der Waals surface area contributed by atoms with Crippen LogP contribution in [0.3, 0.4) is 0 Å². The highest BCUT2D eigenvalue weighted by Crippen LogP contribution is 2.15. The van der Waals surface area contributed by atoms with E-state index < -0.39 is 12.1 Å². The smallest absolute Gasteiger partial charge is 0.344 e. The predicted molar refractivity (Wildman–Crippen MR) is 56.9 cm³/mol. The van der Waals surface area contributed by atoms with E-state index in [2.05, 4.69) is 15.5 Å². The minimum Gasteiger partial charge on any atom is -0.479 e. The molecule has 0 unspecified atom stereocenters. The number of carboxylic acids is 1. The molecule has 0 spiro atoms. The lowest BCUT2D eigenvalue weighted by molar-refractivity contribution is -0.144. The zero-order valence-corrected chi connectivity index (χ0v) is 9.02. The second-order valence-corrected chi connectivity index (χ2v) is 3.35. The number of hydrogen-bond acceptors (Lipinski definition) is 5. The minimum absolute atomic E-state index is 0.483. The molecule has 1 N–H and O–H groups in total. The fraction of sp³-hybridized carbons (Fsp3) is 0.200. The van der Waals surface area contributed by atoms with Crippen LogP contribution in [-0.4, -0.2) is 37.4 Å². The first-order valence-electron chi connectivity index (χ1n) is 4.89. The van der Waals surface area contributed by atoms with Gasteiger partial charge in [0.25, 0.3) is 0 Å². The number of ether oxygens (including phenoxy) is 1. The van der Waals surface area contributed by atoms with Gasteiger partial charge in [0.05, 0.1) is 5.69 Å². The topological polar surface area (TPSA) is 90.1 Å². The van der Waals surface area contributed by atoms with Gasteiger partial charge in [-0.1, -0.05) is 0 Å². The molecule has 7 heteroatoms. The Labute approximate surface area is 96.6 Å². The molecule has 17 heavy (non-hydrogen) atoms. The molecule has 2 aromatic rings. The maximum absolute atomic E-state index is 10.6. The van der Waals surface area contributed by atoms with Crippen LogP contribution in [0.5, 0.6) is 5.75 Å². The Kier molecular flexibility index (Phi) is 2.99. The average Bonchev–Trinajstić information content (AvgIpc) is 2.83. The van der Waals surface area contributed by atoms with Crippen LogP contribution in [0.4, 0.5) is 0 Å². The summed E-state index contributed by atoms with van der Waals surface area (Å²) in [6, 6.07) is 6.80. The molecule has 1 atom stereocenters. The van der Waals surface area contributed by atoms with Gasteiger partial charge < -0.3 is 9.84 Å². The number of aromatic nitrogens is 4. The van der Waals surface area contributed by atoms with E-state index in [0.29, 0.717) is 5.75 Å². The van der Waals surface area contributed by atoms with Gasteiger partial charge in [-0.3, -0.25) is 0 Å². The van der Waals surface area contributed by atoms with E-state index in [-0.39, 0.29) is 0 Å². The lowest BCUT2D eigenvalue weighted by Crippen LogP contribution is -2.22. The molecule has 0 saturated heterocycles. The molecule has 0 amide bonds. The maximum atomic E-state index is 10.6. The highest BCUT2D eigenvalue weighted by atomic mass is 16.5. The van der Waals surface area contributed by atoms with Crippen LogP contribution in [0.2, 0.25) is 0 Å². The summed E-state index contributed by atoms with van der Waals surface area (Å²) in [7, 11) is 0. The quantitative estimate of drug-likeness (QED) is 0.829. The standard InChI is InChI=1S/C10H10N4O3/c1-7(10(15)16)17-9-4-2-8(3-5-9)14-6-11-12-13-14/h2-7H,1H3,(H,15,16)/t7-/m1/s1. The average molecular weight is 234 g/mol. The lowest BCUT2D eigenvalue weighted by atomic mass is 10.3. The second kappa shape index (κ2) is 4.60. The molecule has 2 rings (SSSR count). The van der Waals surface area contributed by atoms with Gasteiger partial charge in [0.1, 0.15) is 12.1 Å². The van der Waals surface area contributed by atoms with E-state index in [1.165, 1.54) is 17.9 Å². The van der Waals surface area contributed by atoms with Crippen molar-refractivity contribution in [1.29, 1.82) is 0 Å². The van der Waals surface area contributed by atoms with E-state index in [9.17, 15) is 4.79 Å². The zero-order valence-electron chi connectivity index (χ0n) is 9.02. The summed E-state index contributed by atoms with van der Waals surface area (Å²) in [5.41, 5.74) is 0.769. The SMILES string of the molecule is C[C@@H](Oc1ccc(-n2cnnn2)cc1)C(=O)O. The summed E-state index contributed by atoms with van der Waals surface area (Å²) in [6.45, 7) is 1.47. The van der Waals surface area contributed by atoms with Crippen molar-refractivity contribution in [2.45, 2.75) is 13.0 Å². The van der Waals surface area contributed by atoms with Crippen LogP contribution in [0, 0.1) is 0 Å². The molecule has 0 aliphatic heterocycles. The van der Waals surface area contributed by atoms with Crippen molar-refractivity contribution >= 4 is 5.97 Å². The molecule has 1 heterocycles. The van der Waals surface area contributed by atoms with Crippen LogP contribution in [0.25, 0.3) is 5.69 Å². The van der Waals surface area contributed by atoms with Crippen LogP contribution < -0.4 is 4.74 Å². The first-order chi connectivity index (χ1) is 8.16. The van der Waals surface area contributed by atoms with Crippen molar-refractivity contribution in [1.82, 2.24) is 20.2 Å². The Morgan fingerprint density at radius 3 is 2.65 bits per heavy atom. The monoisotopic (exact) mass is 234 g/mol. The molecule has 0 fully saturated rings. The Morgan fingerprint density at radius 2 is 2.12 bits per heavy atom. The van der Waals surface area contributed by atoms with Gasteiger partial charge in [-0.2, -0.15) is 0 Å². The molecule has 0 aliphatic carbocycles. The molecular weight excluding hydrogens is 224 g/mol. The number of nitrogens with zero attached hydrogens (tertiary/aromatic N) is 4. The number of benzene rings is 1. The van der Waals surface area contributed by atoms with Gasteiger partial charge in [0.2, 0.25) is 0 Å². The van der Waals surface area contributed by atoms with E-state index in [0.717, 1.165) is 5.69 Å². The number of aliphatic carboxylic acids is 1. The highest BCUT2D eigenvalue weighted by molar-refractivity contribution is 5.72. The fourth-order valence-electron chi connectivity index (χ4n) is 1.21. The first-order valence-corrected chi connectivity index (χ1v) is 4.89. The van der Waals surface area contributed by atoms with Crippen molar-refractivity contribution in [2.24, 2.45) is 0 Å². The Morgan fingerprint density at radius 1 is 1.41 bits per heavy atom. The number of tetrazole rings is 1. The van der Waals surface area contributed by atoms with Crippen molar-refractivity contribution < 1.29 is 14.6 Å². The Hall–Kier alpha value is -2.44. The van der Waals surface area contributed by atoms with Crippen LogP contribution >= 0.6 is 0 Å². The molecule has 1 aromatic heterocycles. The van der Waals surface area contributed by atoms with Crippen molar-refractivity contribution in [3.05, 3.63) is 30.6 Å². The van der Waals surface area contributed by atoms with Gasteiger partial charge >= 0.3 is 5.97 Å².